The van der Waals surface area contributed by atoms with Gasteiger partial charge in [0.25, 0.3) is 0 Å². The van der Waals surface area contributed by atoms with Crippen LogP contribution in [0.4, 0.5) is 0 Å². The third kappa shape index (κ3) is 8.80. The minimum atomic E-state index is 1.06. The molecule has 0 radical (unpaired) electrons. The Kier molecular flexibility index (Phi) is 15.3. The molecule has 0 amide bonds. The van der Waals surface area contributed by atoms with Gasteiger partial charge in [0.15, 0.2) is 0 Å². The molecular weight excluding hydrogens is 332 g/mol. The van der Waals surface area contributed by atoms with Crippen molar-refractivity contribution in [3.8, 4) is 0 Å². The number of nitrogens with two attached hydrogens (primary N) is 1. The van der Waals surface area contributed by atoms with Crippen LogP contribution in [0.5, 0.6) is 0 Å². The van der Waals surface area contributed by atoms with E-state index in [4.69, 9.17) is 5.73 Å². The molecule has 0 spiro atoms. The first-order valence-electron chi connectivity index (χ1n) is 5.35. The van der Waals surface area contributed by atoms with E-state index in [2.05, 4.69) is 4.90 Å². The number of hydrogen-bond donors (Lipinski definition) is 1. The summed E-state index contributed by atoms with van der Waals surface area (Å²) in [6.07, 6.45) is 4.04. The van der Waals surface area contributed by atoms with Gasteiger partial charge in [-0.25, -0.2) is 0 Å². The van der Waals surface area contributed by atoms with Gasteiger partial charge in [-0.2, -0.15) is 0 Å². The SMILES string of the molecule is CC.CC.N[C](=[W])N1CCCCC1. The standard InChI is InChI=1S/C6H12N2.2C2H6.W/c7-6-8-4-2-1-3-5-8;2*1-2;/h1-5,7H2;2*1-2H3;. The van der Waals surface area contributed by atoms with Crippen molar-refractivity contribution in [1.29, 1.82) is 0 Å². The van der Waals surface area contributed by atoms with Crippen LogP contribution < -0.4 is 5.73 Å². The number of rotatable bonds is 1. The van der Waals surface area contributed by atoms with Crippen LogP contribution in [0, 0.1) is 0 Å². The van der Waals surface area contributed by atoms with Gasteiger partial charge in [-0.05, 0) is 0 Å². The van der Waals surface area contributed by atoms with Crippen molar-refractivity contribution in [2.24, 2.45) is 5.73 Å². The third-order valence-corrected chi connectivity index (χ3v) is 2.60. The molecule has 2 nitrogen and oxygen atoms in total. The quantitative estimate of drug-likeness (QED) is 0.780. The first-order valence-corrected chi connectivity index (χ1v) is 6.82. The van der Waals surface area contributed by atoms with Crippen molar-refractivity contribution in [3.05, 3.63) is 0 Å². The normalized spacial score (nSPS) is 16.1. The van der Waals surface area contributed by atoms with Crippen molar-refractivity contribution in [2.45, 2.75) is 47.0 Å². The van der Waals surface area contributed by atoms with Crippen LogP contribution in [0.15, 0.2) is 0 Å². The molecule has 0 bridgehead atoms. The summed E-state index contributed by atoms with van der Waals surface area (Å²) in [5, 5.41) is 0. The van der Waals surface area contributed by atoms with Gasteiger partial charge in [-0.3, -0.25) is 0 Å². The molecule has 80 valence electrons. The second kappa shape index (κ2) is 12.5. The van der Waals surface area contributed by atoms with Crippen molar-refractivity contribution in [1.82, 2.24) is 4.90 Å². The Morgan fingerprint density at radius 3 is 1.62 bits per heavy atom. The second-order valence-electron chi connectivity index (χ2n) is 2.39. The Morgan fingerprint density at radius 2 is 1.38 bits per heavy atom. The van der Waals surface area contributed by atoms with E-state index in [1.165, 1.54) is 51.7 Å². The van der Waals surface area contributed by atoms with Crippen molar-refractivity contribution < 1.29 is 19.4 Å². The molecule has 0 aromatic carbocycles. The average Bonchev–Trinajstić information content (AvgIpc) is 2.25. The number of hydrogen-bond acceptors (Lipinski definition) is 2. The summed E-state index contributed by atoms with van der Waals surface area (Å²) >= 11 is 1.41. The van der Waals surface area contributed by atoms with Crippen LogP contribution >= 0.6 is 0 Å². The zero-order valence-electron chi connectivity index (χ0n) is 9.47. The molecule has 3 heteroatoms. The summed E-state index contributed by atoms with van der Waals surface area (Å²) < 4.78 is 1.06. The molecule has 2 N–H and O–H groups in total. The van der Waals surface area contributed by atoms with E-state index in [1.807, 2.05) is 27.7 Å². The first-order chi connectivity index (χ1) is 6.30. The Balaban J connectivity index is 0. The molecule has 0 saturated carbocycles. The van der Waals surface area contributed by atoms with E-state index in [0.29, 0.717) is 0 Å². The van der Waals surface area contributed by atoms with Crippen molar-refractivity contribution in [2.75, 3.05) is 13.1 Å². The maximum atomic E-state index is 5.65. The zero-order valence-corrected chi connectivity index (χ0v) is 12.4. The molecule has 0 atom stereocenters. The van der Waals surface area contributed by atoms with Gasteiger partial charge in [0, 0.05) is 0 Å². The van der Waals surface area contributed by atoms with Gasteiger partial charge in [-0.1, -0.05) is 27.7 Å². The molecule has 1 saturated heterocycles. The molecule has 0 aliphatic carbocycles. The molecule has 1 fully saturated rings. The van der Waals surface area contributed by atoms with Crippen molar-refractivity contribution >= 4 is 4.15 Å². The molecule has 1 heterocycles. The summed E-state index contributed by atoms with van der Waals surface area (Å²) in [4.78, 5) is 2.29. The van der Waals surface area contributed by atoms with E-state index in [0.717, 1.165) is 4.15 Å². The van der Waals surface area contributed by atoms with E-state index < -0.39 is 0 Å². The zero-order chi connectivity index (χ0) is 10.7. The first kappa shape index (κ1) is 15.9. The fourth-order valence-electron chi connectivity index (χ4n) is 1.11. The second-order valence-corrected chi connectivity index (χ2v) is 3.89. The predicted molar refractivity (Wildman–Crippen MR) is 57.3 cm³/mol. The van der Waals surface area contributed by atoms with E-state index >= 15 is 0 Å². The topological polar surface area (TPSA) is 29.3 Å². The summed E-state index contributed by atoms with van der Waals surface area (Å²) in [6.45, 7) is 10.4. The monoisotopic (exact) mass is 356 g/mol. The Bertz CT molecular complexity index is 109. The molecule has 0 aromatic heterocycles. The van der Waals surface area contributed by atoms with Crippen LogP contribution in [0.3, 0.4) is 0 Å². The number of piperidine rings is 1. The van der Waals surface area contributed by atoms with Crippen LogP contribution in [-0.2, 0) is 19.4 Å². The molecule has 0 unspecified atom stereocenters. The van der Waals surface area contributed by atoms with Gasteiger partial charge in [0.2, 0.25) is 0 Å². The fourth-order valence-corrected chi connectivity index (χ4v) is 1.77. The molecule has 1 aliphatic rings. The molecule has 1 aliphatic heterocycles. The van der Waals surface area contributed by atoms with Crippen LogP contribution in [0.25, 0.3) is 0 Å². The summed E-state index contributed by atoms with van der Waals surface area (Å²) in [6, 6.07) is 0. The number of likely N-dealkylation sites (tertiary alicyclic amines) is 1. The Morgan fingerprint density at radius 1 is 1.00 bits per heavy atom. The van der Waals surface area contributed by atoms with Gasteiger partial charge < -0.3 is 0 Å². The molecule has 1 rings (SSSR count). The van der Waals surface area contributed by atoms with E-state index in [-0.39, 0.29) is 0 Å². The van der Waals surface area contributed by atoms with Crippen LogP contribution in [0.2, 0.25) is 0 Å². The maximum absolute atomic E-state index is 5.65. The van der Waals surface area contributed by atoms with Crippen LogP contribution in [0.1, 0.15) is 47.0 Å². The van der Waals surface area contributed by atoms with E-state index in [1.54, 1.807) is 0 Å². The van der Waals surface area contributed by atoms with E-state index in [9.17, 15) is 0 Å². The predicted octanol–water partition coefficient (Wildman–Crippen LogP) is 2.12. The Hall–Kier alpha value is 0.478. The van der Waals surface area contributed by atoms with Crippen LogP contribution in [-0.4, -0.2) is 22.1 Å². The molecule has 13 heavy (non-hydrogen) atoms. The average molecular weight is 356 g/mol. The van der Waals surface area contributed by atoms with Gasteiger partial charge >= 0.3 is 66.5 Å². The van der Waals surface area contributed by atoms with Crippen molar-refractivity contribution in [3.63, 3.8) is 0 Å². The summed E-state index contributed by atoms with van der Waals surface area (Å²) in [7, 11) is 0. The fraction of sp³-hybridized carbons (Fsp3) is 0.900. The van der Waals surface area contributed by atoms with Gasteiger partial charge in [0.05, 0.1) is 0 Å². The third-order valence-electron chi connectivity index (χ3n) is 1.67. The number of nitrogens with zero attached hydrogens (tertiary/aromatic N) is 1. The molecular formula is C10H24N2W. The summed E-state index contributed by atoms with van der Waals surface area (Å²) in [5.41, 5.74) is 5.65. The Labute approximate surface area is 94.3 Å². The molecule has 0 aromatic rings. The minimum absolute atomic E-state index is 1.06. The summed E-state index contributed by atoms with van der Waals surface area (Å²) in [5.74, 6) is 0. The van der Waals surface area contributed by atoms with Gasteiger partial charge in [0.1, 0.15) is 0 Å². The van der Waals surface area contributed by atoms with Gasteiger partial charge in [-0.15, -0.1) is 0 Å².